The molecule has 0 saturated heterocycles. The van der Waals surface area contributed by atoms with E-state index in [4.69, 9.17) is 5.73 Å². The Labute approximate surface area is 114 Å². The Hall–Kier alpha value is -2.89. The monoisotopic (exact) mass is 268 g/mol. The summed E-state index contributed by atoms with van der Waals surface area (Å²) < 4.78 is 0. The Kier molecular flexibility index (Phi) is 2.83. The maximum Gasteiger partial charge on any atom is 0.221 e. The van der Waals surface area contributed by atoms with Crippen LogP contribution in [0.5, 0.6) is 5.75 Å². The van der Waals surface area contributed by atoms with Crippen LogP contribution in [0, 0.1) is 0 Å². The Morgan fingerprint density at radius 3 is 2.85 bits per heavy atom. The molecule has 0 unspecified atom stereocenters. The molecular weight excluding hydrogens is 256 g/mol. The maximum absolute atomic E-state index is 11.1. The summed E-state index contributed by atoms with van der Waals surface area (Å²) in [7, 11) is 0. The smallest absolute Gasteiger partial charge is 0.221 e. The highest BCUT2D eigenvalue weighted by Crippen LogP contribution is 2.29. The van der Waals surface area contributed by atoms with Gasteiger partial charge >= 0.3 is 0 Å². The van der Waals surface area contributed by atoms with Crippen molar-refractivity contribution in [2.75, 3.05) is 0 Å². The Balaban J connectivity index is 2.14. The molecule has 2 heterocycles. The molecule has 1 amide bonds. The number of benzene rings is 1. The van der Waals surface area contributed by atoms with E-state index < -0.39 is 5.91 Å². The van der Waals surface area contributed by atoms with Crippen molar-refractivity contribution >= 4 is 16.9 Å². The number of aromatic amines is 1. The van der Waals surface area contributed by atoms with Gasteiger partial charge in [0, 0.05) is 17.1 Å². The van der Waals surface area contributed by atoms with Gasteiger partial charge in [-0.1, -0.05) is 12.1 Å². The van der Waals surface area contributed by atoms with Crippen molar-refractivity contribution in [3.05, 3.63) is 42.1 Å². The van der Waals surface area contributed by atoms with Crippen LogP contribution < -0.4 is 5.73 Å². The summed E-state index contributed by atoms with van der Waals surface area (Å²) in [5, 5.41) is 18.8. The summed E-state index contributed by atoms with van der Waals surface area (Å²) >= 11 is 0. The maximum atomic E-state index is 11.1. The number of carbonyl (C=O) groups is 1. The molecule has 0 spiro atoms. The van der Waals surface area contributed by atoms with Crippen LogP contribution in [0.1, 0.15) is 5.56 Å². The lowest BCUT2D eigenvalue weighted by molar-refractivity contribution is -0.117. The second-order valence-corrected chi connectivity index (χ2v) is 4.47. The van der Waals surface area contributed by atoms with Gasteiger partial charge in [-0.3, -0.25) is 4.79 Å². The third kappa shape index (κ3) is 2.07. The lowest BCUT2D eigenvalue weighted by atomic mass is 10.1. The van der Waals surface area contributed by atoms with Gasteiger partial charge in [0.1, 0.15) is 5.75 Å². The number of para-hydroxylation sites is 1. The topological polar surface area (TPSA) is 105 Å². The van der Waals surface area contributed by atoms with Crippen molar-refractivity contribution in [3.8, 4) is 17.0 Å². The van der Waals surface area contributed by atoms with Gasteiger partial charge in [0.2, 0.25) is 5.91 Å². The molecule has 4 N–H and O–H groups in total. The van der Waals surface area contributed by atoms with Gasteiger partial charge in [0.15, 0.2) is 5.65 Å². The van der Waals surface area contributed by atoms with E-state index in [1.54, 1.807) is 30.5 Å². The largest absolute Gasteiger partial charge is 0.507 e. The number of amides is 1. The van der Waals surface area contributed by atoms with Gasteiger partial charge in [-0.05, 0) is 23.8 Å². The van der Waals surface area contributed by atoms with Crippen LogP contribution in [0.2, 0.25) is 0 Å². The van der Waals surface area contributed by atoms with Crippen LogP contribution in [0.15, 0.2) is 36.5 Å². The highest BCUT2D eigenvalue weighted by molar-refractivity contribution is 5.88. The molecule has 0 saturated carbocycles. The quantitative estimate of drug-likeness (QED) is 0.666. The van der Waals surface area contributed by atoms with Crippen molar-refractivity contribution in [1.82, 2.24) is 15.2 Å². The first-order valence-corrected chi connectivity index (χ1v) is 6.05. The van der Waals surface area contributed by atoms with Crippen LogP contribution in [0.3, 0.4) is 0 Å². The molecule has 0 fully saturated rings. The number of primary amides is 1. The predicted molar refractivity (Wildman–Crippen MR) is 73.9 cm³/mol. The second kappa shape index (κ2) is 4.65. The molecule has 6 nitrogen and oxygen atoms in total. The molecule has 0 aliphatic carbocycles. The van der Waals surface area contributed by atoms with Crippen molar-refractivity contribution in [2.24, 2.45) is 5.73 Å². The van der Waals surface area contributed by atoms with Crippen molar-refractivity contribution in [2.45, 2.75) is 6.42 Å². The van der Waals surface area contributed by atoms with E-state index in [9.17, 15) is 9.90 Å². The zero-order chi connectivity index (χ0) is 14.1. The lowest BCUT2D eigenvalue weighted by Gasteiger charge is -2.03. The summed E-state index contributed by atoms with van der Waals surface area (Å²) in [6, 6.07) is 8.67. The van der Waals surface area contributed by atoms with E-state index in [0.717, 1.165) is 10.9 Å². The first-order chi connectivity index (χ1) is 9.65. The molecule has 3 aromatic rings. The summed E-state index contributed by atoms with van der Waals surface area (Å²) in [4.78, 5) is 14.0. The number of nitrogens with two attached hydrogens (primary N) is 1. The molecule has 0 bridgehead atoms. The number of aromatic nitrogens is 3. The van der Waals surface area contributed by atoms with Crippen molar-refractivity contribution in [3.63, 3.8) is 0 Å². The standard InChI is InChI=1S/C14H12N4O2/c15-13(20)5-8-7-16-14-10(8)6-11(17-18-14)9-3-1-2-4-12(9)19/h1-4,6-7,19H,5H2,(H2,15,20)(H,16,18). The molecule has 0 aliphatic rings. The molecule has 3 rings (SSSR count). The minimum atomic E-state index is -0.410. The minimum absolute atomic E-state index is 0.131. The van der Waals surface area contributed by atoms with Gasteiger partial charge in [0.25, 0.3) is 0 Å². The number of rotatable bonds is 3. The zero-order valence-corrected chi connectivity index (χ0v) is 10.5. The number of nitrogens with one attached hydrogen (secondary N) is 1. The van der Waals surface area contributed by atoms with Crippen molar-refractivity contribution in [1.29, 1.82) is 0 Å². The van der Waals surface area contributed by atoms with E-state index in [2.05, 4.69) is 15.2 Å². The lowest BCUT2D eigenvalue weighted by Crippen LogP contribution is -2.13. The molecule has 100 valence electrons. The van der Waals surface area contributed by atoms with Crippen LogP contribution in [-0.4, -0.2) is 26.2 Å². The fraction of sp³-hybridized carbons (Fsp3) is 0.0714. The zero-order valence-electron chi connectivity index (χ0n) is 10.5. The normalized spacial score (nSPS) is 10.8. The minimum Gasteiger partial charge on any atom is -0.507 e. The van der Waals surface area contributed by atoms with Gasteiger partial charge in [-0.2, -0.15) is 0 Å². The van der Waals surface area contributed by atoms with E-state index in [-0.39, 0.29) is 12.2 Å². The number of phenols is 1. The van der Waals surface area contributed by atoms with Crippen LogP contribution in [-0.2, 0) is 11.2 Å². The SMILES string of the molecule is NC(=O)Cc1c[nH]c2nnc(-c3ccccc3O)cc12. The second-order valence-electron chi connectivity index (χ2n) is 4.47. The van der Waals surface area contributed by atoms with E-state index in [1.165, 1.54) is 0 Å². The van der Waals surface area contributed by atoms with Gasteiger partial charge in [-0.15, -0.1) is 10.2 Å². The van der Waals surface area contributed by atoms with E-state index in [1.807, 2.05) is 6.07 Å². The van der Waals surface area contributed by atoms with Crippen LogP contribution >= 0.6 is 0 Å². The summed E-state index contributed by atoms with van der Waals surface area (Å²) in [6.45, 7) is 0. The molecule has 6 heteroatoms. The van der Waals surface area contributed by atoms with Crippen LogP contribution in [0.4, 0.5) is 0 Å². The van der Waals surface area contributed by atoms with Gasteiger partial charge in [0.05, 0.1) is 12.1 Å². The molecule has 0 radical (unpaired) electrons. The number of phenolic OH excluding ortho intramolecular Hbond substituents is 1. The highest BCUT2D eigenvalue weighted by Gasteiger charge is 2.11. The fourth-order valence-electron chi connectivity index (χ4n) is 2.13. The van der Waals surface area contributed by atoms with E-state index >= 15 is 0 Å². The molecule has 2 aromatic heterocycles. The highest BCUT2D eigenvalue weighted by atomic mass is 16.3. The number of H-pyrrole nitrogens is 1. The predicted octanol–water partition coefficient (Wildman–Crippen LogP) is 1.36. The third-order valence-electron chi connectivity index (χ3n) is 3.07. The molecule has 20 heavy (non-hydrogen) atoms. The number of hydrogen-bond acceptors (Lipinski definition) is 4. The average Bonchev–Trinajstić information content (AvgIpc) is 2.81. The van der Waals surface area contributed by atoms with Gasteiger partial charge in [-0.25, -0.2) is 0 Å². The first kappa shape index (κ1) is 12.2. The Morgan fingerprint density at radius 2 is 2.10 bits per heavy atom. The van der Waals surface area contributed by atoms with Crippen LogP contribution in [0.25, 0.3) is 22.3 Å². The molecule has 0 aliphatic heterocycles. The summed E-state index contributed by atoms with van der Waals surface area (Å²) in [6.07, 6.45) is 1.82. The average molecular weight is 268 g/mol. The number of hydrogen-bond donors (Lipinski definition) is 3. The summed E-state index contributed by atoms with van der Waals surface area (Å²) in [5.41, 5.74) is 7.70. The van der Waals surface area contributed by atoms with Gasteiger partial charge < -0.3 is 15.8 Å². The van der Waals surface area contributed by atoms with Crippen molar-refractivity contribution < 1.29 is 9.90 Å². The number of carbonyl (C=O) groups excluding carboxylic acids is 1. The fourth-order valence-corrected chi connectivity index (χ4v) is 2.13. The Bertz CT molecular complexity index is 795. The molecular formula is C14H12N4O2. The first-order valence-electron chi connectivity index (χ1n) is 6.05. The number of nitrogens with zero attached hydrogens (tertiary/aromatic N) is 2. The third-order valence-corrected chi connectivity index (χ3v) is 3.07. The summed E-state index contributed by atoms with van der Waals surface area (Å²) in [5.74, 6) is -0.278. The molecule has 1 aromatic carbocycles. The molecule has 0 atom stereocenters. The van der Waals surface area contributed by atoms with E-state index in [0.29, 0.717) is 16.9 Å². The number of aromatic hydroxyl groups is 1. The number of fused-ring (bicyclic) bond motifs is 1. The Morgan fingerprint density at radius 1 is 1.30 bits per heavy atom.